The maximum atomic E-state index is 3.54. The van der Waals surface area contributed by atoms with Gasteiger partial charge in [-0.1, -0.05) is 33.1 Å². The zero-order chi connectivity index (χ0) is 5.41. The first-order valence-corrected chi connectivity index (χ1v) is 2.59. The summed E-state index contributed by atoms with van der Waals surface area (Å²) in [5.41, 5.74) is 0. The molecular formula is C4H13NS. The number of nitrogens with one attached hydrogen (secondary N) is 1. The fourth-order valence-corrected chi connectivity index (χ4v) is 0. The quantitative estimate of drug-likeness (QED) is 0.447. The second-order valence-corrected chi connectivity index (χ2v) is 1.38. The summed E-state index contributed by atoms with van der Waals surface area (Å²) >= 11 is 3.54. The molecule has 0 aromatic rings. The van der Waals surface area contributed by atoms with Gasteiger partial charge in [-0.3, -0.25) is 4.72 Å². The maximum absolute atomic E-state index is 3.54. The lowest BCUT2D eigenvalue weighted by atomic mass is 10.6. The molecule has 1 nitrogen and oxygen atoms in total. The van der Waals surface area contributed by atoms with Crippen molar-refractivity contribution in [3.8, 4) is 0 Å². The lowest BCUT2D eigenvalue weighted by molar-refractivity contribution is 1.09. The first-order chi connectivity index (χ1) is 2.83. The van der Waals surface area contributed by atoms with Gasteiger partial charge >= 0.3 is 0 Å². The lowest BCUT2D eigenvalue weighted by Crippen LogP contribution is -1.76. The first kappa shape index (κ1) is 9.58. The molecule has 0 bridgehead atoms. The summed E-state index contributed by atoms with van der Waals surface area (Å²) in [4.78, 5) is 0. The SMILES string of the molecule is CCC.CNS. The van der Waals surface area contributed by atoms with E-state index in [0.717, 1.165) is 0 Å². The molecule has 0 amide bonds. The summed E-state index contributed by atoms with van der Waals surface area (Å²) in [5.74, 6) is 0. The van der Waals surface area contributed by atoms with Crippen LogP contribution in [0.1, 0.15) is 20.3 Å². The van der Waals surface area contributed by atoms with E-state index in [0.29, 0.717) is 0 Å². The Labute approximate surface area is 45.7 Å². The van der Waals surface area contributed by atoms with Crippen LogP contribution >= 0.6 is 12.8 Å². The van der Waals surface area contributed by atoms with Crippen molar-refractivity contribution in [2.24, 2.45) is 0 Å². The van der Waals surface area contributed by atoms with E-state index in [2.05, 4.69) is 31.4 Å². The van der Waals surface area contributed by atoms with E-state index in [-0.39, 0.29) is 0 Å². The molecule has 2 heteroatoms. The van der Waals surface area contributed by atoms with Crippen LogP contribution in [0.15, 0.2) is 0 Å². The van der Waals surface area contributed by atoms with Gasteiger partial charge < -0.3 is 0 Å². The average Bonchev–Trinajstić information content (AvgIpc) is 1.39. The van der Waals surface area contributed by atoms with Crippen molar-refractivity contribution in [3.05, 3.63) is 0 Å². The second kappa shape index (κ2) is 18.5. The Bertz CT molecular complexity index is 9.51. The molecule has 0 spiro atoms. The molecule has 0 atom stereocenters. The molecule has 6 heavy (non-hydrogen) atoms. The van der Waals surface area contributed by atoms with E-state index in [1.54, 1.807) is 7.05 Å². The van der Waals surface area contributed by atoms with E-state index in [1.807, 2.05) is 0 Å². The Hall–Kier alpha value is 0.310. The highest BCUT2D eigenvalue weighted by molar-refractivity contribution is 7.78. The Morgan fingerprint density at radius 1 is 1.50 bits per heavy atom. The van der Waals surface area contributed by atoms with Crippen LogP contribution in [0.3, 0.4) is 0 Å². The molecular weight excluding hydrogens is 94.1 g/mol. The molecule has 0 rings (SSSR count). The van der Waals surface area contributed by atoms with Crippen LogP contribution in [0.4, 0.5) is 0 Å². The summed E-state index contributed by atoms with van der Waals surface area (Å²) < 4.78 is 2.44. The molecule has 0 fully saturated rings. The molecule has 40 valence electrons. The topological polar surface area (TPSA) is 12.0 Å². The molecule has 0 aromatic heterocycles. The van der Waals surface area contributed by atoms with Crippen molar-refractivity contribution < 1.29 is 0 Å². The van der Waals surface area contributed by atoms with Gasteiger partial charge in [0.25, 0.3) is 0 Å². The van der Waals surface area contributed by atoms with Gasteiger partial charge in [-0.15, -0.1) is 0 Å². The smallest absolute Gasteiger partial charge is 0.00587 e. The Balaban J connectivity index is 0. The van der Waals surface area contributed by atoms with E-state index < -0.39 is 0 Å². The minimum atomic E-state index is 1.25. The van der Waals surface area contributed by atoms with Crippen LogP contribution in [-0.2, 0) is 0 Å². The van der Waals surface area contributed by atoms with Crippen LogP contribution in [0.5, 0.6) is 0 Å². The number of rotatable bonds is 0. The lowest BCUT2D eigenvalue weighted by Gasteiger charge is -1.58. The van der Waals surface area contributed by atoms with Crippen LogP contribution in [0.2, 0.25) is 0 Å². The predicted molar refractivity (Wildman–Crippen MR) is 34.0 cm³/mol. The van der Waals surface area contributed by atoms with Crippen molar-refractivity contribution >= 4 is 12.8 Å². The third-order valence-corrected chi connectivity index (χ3v) is 0. The Morgan fingerprint density at radius 3 is 1.50 bits per heavy atom. The minimum absolute atomic E-state index is 1.25. The van der Waals surface area contributed by atoms with Crippen LogP contribution in [0.25, 0.3) is 0 Å². The second-order valence-electron chi connectivity index (χ2n) is 0.931. The standard InChI is InChI=1S/C3H8.CH5NS/c1-3-2;1-2-3/h3H2,1-2H3;2-3H,1H3. The zero-order valence-electron chi connectivity index (χ0n) is 4.65. The molecule has 0 aliphatic carbocycles. The highest BCUT2D eigenvalue weighted by Gasteiger charge is 1.35. The fraction of sp³-hybridized carbons (Fsp3) is 1.00. The van der Waals surface area contributed by atoms with Gasteiger partial charge in [-0.2, -0.15) is 0 Å². The number of hydrogen-bond acceptors (Lipinski definition) is 2. The van der Waals surface area contributed by atoms with Gasteiger partial charge in [0, 0.05) is 0 Å². The van der Waals surface area contributed by atoms with Crippen molar-refractivity contribution in [1.29, 1.82) is 0 Å². The highest BCUT2D eigenvalue weighted by Crippen LogP contribution is 1.56. The van der Waals surface area contributed by atoms with Crippen molar-refractivity contribution in [2.45, 2.75) is 20.3 Å². The molecule has 0 saturated heterocycles. The molecule has 0 heterocycles. The van der Waals surface area contributed by atoms with E-state index in [9.17, 15) is 0 Å². The zero-order valence-corrected chi connectivity index (χ0v) is 5.55. The predicted octanol–water partition coefficient (Wildman–Crippen LogP) is 1.47. The van der Waals surface area contributed by atoms with Crippen molar-refractivity contribution in [1.82, 2.24) is 4.72 Å². The van der Waals surface area contributed by atoms with Crippen LogP contribution < -0.4 is 4.72 Å². The van der Waals surface area contributed by atoms with Crippen molar-refractivity contribution in [3.63, 3.8) is 0 Å². The maximum Gasteiger partial charge on any atom is -0.00587 e. The average molecular weight is 107 g/mol. The molecule has 1 N–H and O–H groups in total. The van der Waals surface area contributed by atoms with Gasteiger partial charge in [0.05, 0.1) is 0 Å². The summed E-state index contributed by atoms with van der Waals surface area (Å²) in [6.45, 7) is 4.25. The van der Waals surface area contributed by atoms with Gasteiger partial charge in [-0.05, 0) is 7.05 Å². The van der Waals surface area contributed by atoms with Gasteiger partial charge in [0.2, 0.25) is 0 Å². The summed E-state index contributed by atoms with van der Waals surface area (Å²) in [6, 6.07) is 0. The molecule has 0 aromatic carbocycles. The summed E-state index contributed by atoms with van der Waals surface area (Å²) in [5, 5.41) is 0. The third-order valence-electron chi connectivity index (χ3n) is 0. The van der Waals surface area contributed by atoms with Crippen molar-refractivity contribution in [2.75, 3.05) is 7.05 Å². The normalized spacial score (nSPS) is 6.00. The Kier molecular flexibility index (Phi) is 29.5. The van der Waals surface area contributed by atoms with Gasteiger partial charge in [0.15, 0.2) is 0 Å². The molecule has 0 unspecified atom stereocenters. The monoisotopic (exact) mass is 107 g/mol. The largest absolute Gasteiger partial charge is 0.270 e. The first-order valence-electron chi connectivity index (χ1n) is 2.14. The molecule has 0 aliphatic rings. The van der Waals surface area contributed by atoms with Gasteiger partial charge in [0.1, 0.15) is 0 Å². The summed E-state index contributed by atoms with van der Waals surface area (Å²) in [6.07, 6.45) is 1.25. The number of hydrogen-bond donors (Lipinski definition) is 2. The Morgan fingerprint density at radius 2 is 1.50 bits per heavy atom. The number of thiol groups is 1. The third kappa shape index (κ3) is 491. The fourth-order valence-electron chi connectivity index (χ4n) is 0. The van der Waals surface area contributed by atoms with Crippen LogP contribution in [-0.4, -0.2) is 7.05 Å². The van der Waals surface area contributed by atoms with Gasteiger partial charge in [-0.25, -0.2) is 0 Å². The molecule has 0 radical (unpaired) electrons. The van der Waals surface area contributed by atoms with E-state index >= 15 is 0 Å². The highest BCUT2D eigenvalue weighted by atomic mass is 32.1. The van der Waals surface area contributed by atoms with Crippen LogP contribution in [0, 0.1) is 0 Å². The van der Waals surface area contributed by atoms with E-state index in [1.165, 1.54) is 6.42 Å². The molecule has 0 aliphatic heterocycles. The minimum Gasteiger partial charge on any atom is -0.270 e. The van der Waals surface area contributed by atoms with E-state index in [4.69, 9.17) is 0 Å². The summed E-state index contributed by atoms with van der Waals surface area (Å²) in [7, 11) is 1.74. The molecule has 0 saturated carbocycles.